The molecule has 0 bridgehead atoms. The number of sulfonamides is 2. The number of anilines is 2. The number of benzene rings is 2. The smallest absolute Gasteiger partial charge is 0.512 e. The van der Waals surface area contributed by atoms with Gasteiger partial charge in [-0.05, 0) is 111 Å². The van der Waals surface area contributed by atoms with E-state index in [4.69, 9.17) is 52.1 Å². The number of nitriles is 1. The third-order valence-electron chi connectivity index (χ3n) is 9.84. The van der Waals surface area contributed by atoms with E-state index in [1.807, 2.05) is 36.4 Å². The average Bonchev–Trinajstić information content (AvgIpc) is 3.98. The maximum atomic E-state index is 13.0. The molecule has 0 amide bonds. The Balaban J connectivity index is 0.000000273. The Morgan fingerprint density at radius 2 is 0.971 bits per heavy atom. The number of hydrogen-bond donors (Lipinski definition) is 2. The summed E-state index contributed by atoms with van der Waals surface area (Å²) in [5, 5.41) is 31.5. The quantitative estimate of drug-likeness (QED) is 0.107. The van der Waals surface area contributed by atoms with E-state index in [-0.39, 0.29) is 51.7 Å². The SMILES string of the molecule is CC(C)(C)c1ccc(S(=O)(=O)Nc2ccc(Cl)c3cc(-c4cncc(Br)c4)nn23)cc1.CC(C)(C)c1ccc(S(=O)(=O)Nc2ccc(Cl)c3cc(-c4cncc(C#N)c4)nn23)cc1.[C-]#N.[C-]#N.[Zn+2]. The van der Waals surface area contributed by atoms with E-state index in [1.54, 1.807) is 85.3 Å². The average molecular weight is 1100 g/mol. The molecule has 0 spiro atoms. The Hall–Kier alpha value is -6.23. The summed E-state index contributed by atoms with van der Waals surface area (Å²) in [6, 6.07) is 29.2. The number of nitrogens with zero attached hydrogens (tertiary/aromatic N) is 9. The van der Waals surface area contributed by atoms with E-state index in [1.165, 1.54) is 15.2 Å². The Morgan fingerprint density at radius 3 is 1.34 bits per heavy atom. The van der Waals surface area contributed by atoms with Crippen LogP contribution in [0.25, 0.3) is 33.5 Å². The van der Waals surface area contributed by atoms with Crippen molar-refractivity contribution >= 4 is 81.8 Å². The molecule has 0 unspecified atom stereocenters. The van der Waals surface area contributed by atoms with Gasteiger partial charge in [-0.2, -0.15) is 15.5 Å². The first-order valence-corrected chi connectivity index (χ1v) is 24.2. The van der Waals surface area contributed by atoms with E-state index in [9.17, 15) is 16.8 Å². The van der Waals surface area contributed by atoms with E-state index in [2.05, 4.69) is 87.1 Å². The Labute approximate surface area is 426 Å². The third kappa shape index (κ3) is 12.6. The number of pyridine rings is 4. The first-order valence-electron chi connectivity index (χ1n) is 19.7. The first-order chi connectivity index (χ1) is 31.6. The molecule has 15 nitrogen and oxygen atoms in total. The monoisotopic (exact) mass is 1100 g/mol. The second kappa shape index (κ2) is 22.3. The molecule has 6 heterocycles. The largest absolute Gasteiger partial charge is 2.00 e. The molecule has 8 aromatic rings. The van der Waals surface area contributed by atoms with Crippen LogP contribution in [0.1, 0.15) is 58.2 Å². The summed E-state index contributed by atoms with van der Waals surface area (Å²) in [4.78, 5) is 8.53. The Morgan fingerprint density at radius 1 is 0.588 bits per heavy atom. The molecule has 8 rings (SSSR count). The number of aromatic nitrogens is 6. The van der Waals surface area contributed by atoms with Crippen LogP contribution in [0.5, 0.6) is 0 Å². The van der Waals surface area contributed by atoms with Crippen molar-refractivity contribution in [1.82, 2.24) is 29.2 Å². The van der Waals surface area contributed by atoms with Crippen molar-refractivity contribution < 1.29 is 36.3 Å². The predicted molar refractivity (Wildman–Crippen MR) is 261 cm³/mol. The van der Waals surface area contributed by atoms with E-state index in [0.29, 0.717) is 43.6 Å². The van der Waals surface area contributed by atoms with Crippen molar-refractivity contribution in [3.05, 3.63) is 166 Å². The second-order valence-corrected chi connectivity index (χ2v) is 21.6. The van der Waals surface area contributed by atoms with Gasteiger partial charge in [-0.15, -0.1) is 0 Å². The van der Waals surface area contributed by atoms with E-state index in [0.717, 1.165) is 21.2 Å². The van der Waals surface area contributed by atoms with Crippen molar-refractivity contribution in [2.75, 3.05) is 9.44 Å². The Kier molecular flexibility index (Phi) is 17.8. The standard InChI is InChI=1S/C23H20ClN5O2S.C22H20BrClN4O2S.2CN.Zn/c1-23(2,3)17-4-6-18(7-5-17)32(30,31)28-22-9-8-19(24)21-11-20(27-29(21)22)16-10-15(12-25)13-26-14-16;1-22(2,3)15-4-6-17(7-5-15)31(29,30)27-21-9-8-18(24)20-11-19(26-28(20)21)14-10-16(23)13-25-12-14;2*1-2;/h4-11,13-14,28H,1-3H3;4-13,27H,1-3H3;;;/q;;2*-1;+2. The molecule has 21 heteroatoms. The molecule has 0 saturated carbocycles. The van der Waals surface area contributed by atoms with Gasteiger partial charge in [-0.3, -0.25) is 19.4 Å². The van der Waals surface area contributed by atoms with Crippen LogP contribution < -0.4 is 9.44 Å². The van der Waals surface area contributed by atoms with Gasteiger partial charge in [0.05, 0.1) is 47.8 Å². The van der Waals surface area contributed by atoms with Crippen LogP contribution >= 0.6 is 39.1 Å². The van der Waals surface area contributed by atoms with Gasteiger partial charge in [-0.1, -0.05) is 89.0 Å². The molecule has 0 saturated heterocycles. The molecule has 2 N–H and O–H groups in total. The first kappa shape index (κ1) is 54.4. The molecule has 0 atom stereocenters. The van der Waals surface area contributed by atoms with Gasteiger partial charge in [0.15, 0.2) is 0 Å². The Bertz CT molecular complexity index is 3390. The zero-order valence-electron chi connectivity index (χ0n) is 37.4. The maximum Gasteiger partial charge on any atom is 2.00 e. The fourth-order valence-electron chi connectivity index (χ4n) is 6.38. The minimum absolute atomic E-state index is 0. The van der Waals surface area contributed by atoms with Gasteiger partial charge in [0.1, 0.15) is 17.7 Å². The minimum Gasteiger partial charge on any atom is -0.512 e. The van der Waals surface area contributed by atoms with Gasteiger partial charge in [0.25, 0.3) is 20.0 Å². The molecule has 0 aliphatic carbocycles. The summed E-state index contributed by atoms with van der Waals surface area (Å²) >= 11 is 16.1. The molecular weight excluding hydrogens is 1060 g/mol. The van der Waals surface area contributed by atoms with Crippen LogP contribution in [0, 0.1) is 35.0 Å². The van der Waals surface area contributed by atoms with Gasteiger partial charge in [0.2, 0.25) is 0 Å². The van der Waals surface area contributed by atoms with Gasteiger partial charge < -0.3 is 23.7 Å². The van der Waals surface area contributed by atoms with Crippen LogP contribution in [0.4, 0.5) is 11.6 Å². The van der Waals surface area contributed by atoms with Crippen LogP contribution in [-0.2, 0) is 50.4 Å². The fraction of sp³-hybridized carbons (Fsp3) is 0.170. The molecule has 0 radical (unpaired) electrons. The number of fused-ring (bicyclic) bond motifs is 2. The van der Waals surface area contributed by atoms with Crippen molar-refractivity contribution in [2.45, 2.75) is 62.2 Å². The van der Waals surface area contributed by atoms with Crippen molar-refractivity contribution in [1.29, 1.82) is 15.8 Å². The molecular formula is C47H40BrCl2N11O4S2Zn. The summed E-state index contributed by atoms with van der Waals surface area (Å²) in [6.07, 6.45) is 6.39. The van der Waals surface area contributed by atoms with Crippen molar-refractivity contribution in [3.63, 3.8) is 0 Å². The fourth-order valence-corrected chi connectivity index (χ4v) is 9.22. The topological polar surface area (TPSA) is 224 Å². The van der Waals surface area contributed by atoms with Crippen molar-refractivity contribution in [2.24, 2.45) is 0 Å². The number of halogens is 3. The van der Waals surface area contributed by atoms with Crippen LogP contribution in [0.15, 0.2) is 136 Å². The molecule has 342 valence electrons. The van der Waals surface area contributed by atoms with Gasteiger partial charge in [0, 0.05) is 40.4 Å². The summed E-state index contributed by atoms with van der Waals surface area (Å²) in [6.45, 7) is 21.9. The summed E-state index contributed by atoms with van der Waals surface area (Å²) in [5.74, 6) is 0.522. The maximum absolute atomic E-state index is 13.0. The van der Waals surface area contributed by atoms with Crippen LogP contribution in [0.2, 0.25) is 10.0 Å². The molecule has 0 fully saturated rings. The predicted octanol–water partition coefficient (Wildman–Crippen LogP) is 11.1. The van der Waals surface area contributed by atoms with Gasteiger partial charge >= 0.3 is 19.5 Å². The van der Waals surface area contributed by atoms with Gasteiger partial charge in [-0.25, -0.2) is 25.9 Å². The summed E-state index contributed by atoms with van der Waals surface area (Å²) in [5.41, 5.74) is 5.98. The number of hydrogen-bond acceptors (Lipinski definition) is 11. The minimum atomic E-state index is -3.86. The van der Waals surface area contributed by atoms with Crippen LogP contribution in [0.3, 0.4) is 0 Å². The number of rotatable bonds is 8. The molecule has 6 aromatic heterocycles. The zero-order chi connectivity index (χ0) is 49.5. The molecule has 0 aliphatic heterocycles. The summed E-state index contributed by atoms with van der Waals surface area (Å²) < 4.78 is 61.0. The second-order valence-electron chi connectivity index (χ2n) is 16.5. The summed E-state index contributed by atoms with van der Waals surface area (Å²) in [7, 11) is -7.67. The normalized spacial score (nSPS) is 11.3. The van der Waals surface area contributed by atoms with E-state index < -0.39 is 20.0 Å². The third-order valence-corrected chi connectivity index (χ3v) is 13.7. The molecule has 0 aliphatic rings. The molecule has 2 aromatic carbocycles. The van der Waals surface area contributed by atoms with Crippen molar-refractivity contribution in [3.8, 4) is 28.6 Å². The zero-order valence-corrected chi connectivity index (χ0v) is 45.1. The number of nitrogens with one attached hydrogen (secondary N) is 2. The molecule has 68 heavy (non-hydrogen) atoms. The van der Waals surface area contributed by atoms with Crippen LogP contribution in [-0.4, -0.2) is 46.0 Å². The van der Waals surface area contributed by atoms with E-state index >= 15 is 0 Å².